The highest BCUT2D eigenvalue weighted by Gasteiger charge is 2.13. The number of hydrogen-bond donors (Lipinski definition) is 0. The van der Waals surface area contributed by atoms with Crippen LogP contribution in [0, 0.1) is 0 Å². The number of amides is 1. The molecule has 7 heteroatoms. The molecule has 0 N–H and O–H groups in total. The SMILES string of the molecule is CN(Cc1ccccc1)C(=O)COC(=O)/C=C/c1cn(-c2ccccc2)nc1-c1cccnc1. The topological polar surface area (TPSA) is 77.3 Å². The molecule has 34 heavy (non-hydrogen) atoms. The fourth-order valence-corrected chi connectivity index (χ4v) is 3.34. The van der Waals surface area contributed by atoms with Crippen molar-refractivity contribution in [2.24, 2.45) is 0 Å². The lowest BCUT2D eigenvalue weighted by Gasteiger charge is -2.16. The molecule has 1 amide bonds. The molecule has 4 rings (SSSR count). The molecular formula is C27H24N4O3. The first-order valence-corrected chi connectivity index (χ1v) is 10.8. The lowest BCUT2D eigenvalue weighted by atomic mass is 10.1. The van der Waals surface area contributed by atoms with Crippen LogP contribution in [0.25, 0.3) is 23.0 Å². The number of esters is 1. The molecule has 0 radical (unpaired) electrons. The zero-order valence-corrected chi connectivity index (χ0v) is 18.7. The molecule has 0 saturated carbocycles. The summed E-state index contributed by atoms with van der Waals surface area (Å²) >= 11 is 0. The van der Waals surface area contributed by atoms with Crippen molar-refractivity contribution in [1.82, 2.24) is 19.7 Å². The molecule has 2 heterocycles. The number of nitrogens with zero attached hydrogens (tertiary/aromatic N) is 4. The van der Waals surface area contributed by atoms with Crippen molar-refractivity contribution in [1.29, 1.82) is 0 Å². The highest BCUT2D eigenvalue weighted by molar-refractivity contribution is 5.90. The van der Waals surface area contributed by atoms with Gasteiger partial charge in [-0.05, 0) is 35.9 Å². The summed E-state index contributed by atoms with van der Waals surface area (Å²) in [5.74, 6) is -0.885. The van der Waals surface area contributed by atoms with Gasteiger partial charge < -0.3 is 9.64 Å². The lowest BCUT2D eigenvalue weighted by Crippen LogP contribution is -2.30. The van der Waals surface area contributed by atoms with Crippen molar-refractivity contribution >= 4 is 18.0 Å². The normalized spacial score (nSPS) is 10.9. The Morgan fingerprint density at radius 1 is 1.00 bits per heavy atom. The van der Waals surface area contributed by atoms with Gasteiger partial charge in [0, 0.05) is 49.4 Å². The van der Waals surface area contributed by atoms with E-state index in [1.807, 2.05) is 79.0 Å². The first kappa shape index (κ1) is 22.7. The van der Waals surface area contributed by atoms with E-state index in [0.717, 1.165) is 22.4 Å². The van der Waals surface area contributed by atoms with E-state index < -0.39 is 5.97 Å². The number of hydrogen-bond acceptors (Lipinski definition) is 5. The van der Waals surface area contributed by atoms with Crippen molar-refractivity contribution in [3.05, 3.63) is 109 Å². The number of aromatic nitrogens is 3. The monoisotopic (exact) mass is 452 g/mol. The quantitative estimate of drug-likeness (QED) is 0.297. The van der Waals surface area contributed by atoms with E-state index in [1.165, 1.54) is 11.0 Å². The van der Waals surface area contributed by atoms with Gasteiger partial charge in [0.15, 0.2) is 6.61 Å². The molecule has 0 unspecified atom stereocenters. The van der Waals surface area contributed by atoms with Gasteiger partial charge in [0.2, 0.25) is 0 Å². The Kier molecular flexibility index (Phi) is 7.25. The number of pyridine rings is 1. The number of rotatable bonds is 8. The zero-order valence-electron chi connectivity index (χ0n) is 18.7. The molecule has 0 bridgehead atoms. The van der Waals surface area contributed by atoms with Crippen LogP contribution in [-0.2, 0) is 20.9 Å². The van der Waals surface area contributed by atoms with Crippen LogP contribution < -0.4 is 0 Å². The van der Waals surface area contributed by atoms with Crippen LogP contribution in [0.15, 0.2) is 97.5 Å². The average molecular weight is 453 g/mol. The van der Waals surface area contributed by atoms with Gasteiger partial charge in [0.05, 0.1) is 5.69 Å². The van der Waals surface area contributed by atoms with Gasteiger partial charge in [0.1, 0.15) is 5.69 Å². The number of benzene rings is 2. The molecule has 4 aromatic rings. The first-order valence-electron chi connectivity index (χ1n) is 10.8. The molecule has 2 aromatic carbocycles. The molecule has 0 aliphatic carbocycles. The second-order valence-electron chi connectivity index (χ2n) is 7.63. The maximum absolute atomic E-state index is 12.3. The Labute approximate surface area is 197 Å². The summed E-state index contributed by atoms with van der Waals surface area (Å²) in [7, 11) is 1.68. The van der Waals surface area contributed by atoms with Gasteiger partial charge in [-0.2, -0.15) is 5.10 Å². The van der Waals surface area contributed by atoms with Gasteiger partial charge >= 0.3 is 5.97 Å². The Hall–Kier alpha value is -4.52. The largest absolute Gasteiger partial charge is 0.452 e. The fourth-order valence-electron chi connectivity index (χ4n) is 3.34. The smallest absolute Gasteiger partial charge is 0.331 e. The highest BCUT2D eigenvalue weighted by Crippen LogP contribution is 2.24. The minimum atomic E-state index is -0.606. The molecule has 170 valence electrons. The van der Waals surface area contributed by atoms with E-state index in [9.17, 15) is 9.59 Å². The first-order chi connectivity index (χ1) is 16.6. The predicted molar refractivity (Wildman–Crippen MR) is 130 cm³/mol. The van der Waals surface area contributed by atoms with Crippen molar-refractivity contribution < 1.29 is 14.3 Å². The van der Waals surface area contributed by atoms with Crippen molar-refractivity contribution in [3.8, 4) is 16.9 Å². The molecule has 0 fully saturated rings. The van der Waals surface area contributed by atoms with Crippen LogP contribution in [0.5, 0.6) is 0 Å². The van der Waals surface area contributed by atoms with Gasteiger partial charge in [-0.1, -0.05) is 48.5 Å². The Bertz CT molecular complexity index is 1270. The number of carbonyl (C=O) groups is 2. The summed E-state index contributed by atoms with van der Waals surface area (Å²) in [5, 5.41) is 4.68. The van der Waals surface area contributed by atoms with E-state index in [1.54, 1.807) is 30.2 Å². The summed E-state index contributed by atoms with van der Waals surface area (Å²) in [6.07, 6.45) is 8.18. The van der Waals surface area contributed by atoms with Gasteiger partial charge in [0.25, 0.3) is 5.91 Å². The predicted octanol–water partition coefficient (Wildman–Crippen LogP) is 4.15. The molecule has 0 spiro atoms. The number of para-hydroxylation sites is 1. The minimum absolute atomic E-state index is 0.279. The molecule has 0 atom stereocenters. The van der Waals surface area contributed by atoms with Crippen LogP contribution in [0.1, 0.15) is 11.1 Å². The van der Waals surface area contributed by atoms with E-state index in [-0.39, 0.29) is 12.5 Å². The molecule has 0 aliphatic rings. The van der Waals surface area contributed by atoms with E-state index in [0.29, 0.717) is 12.2 Å². The van der Waals surface area contributed by atoms with Crippen LogP contribution in [0.2, 0.25) is 0 Å². The molecule has 2 aromatic heterocycles. The number of likely N-dealkylation sites (N-methyl/N-ethyl adjacent to an activating group) is 1. The van der Waals surface area contributed by atoms with Crippen molar-refractivity contribution in [2.45, 2.75) is 6.54 Å². The maximum Gasteiger partial charge on any atom is 0.331 e. The molecular weight excluding hydrogens is 428 g/mol. The molecule has 0 aliphatic heterocycles. The molecule has 7 nitrogen and oxygen atoms in total. The molecule has 0 saturated heterocycles. The van der Waals surface area contributed by atoms with E-state index >= 15 is 0 Å². The van der Waals surface area contributed by atoms with Crippen molar-refractivity contribution in [3.63, 3.8) is 0 Å². The third-order valence-corrected chi connectivity index (χ3v) is 5.12. The van der Waals surface area contributed by atoms with Crippen LogP contribution in [-0.4, -0.2) is 45.2 Å². The fraction of sp³-hybridized carbons (Fsp3) is 0.111. The summed E-state index contributed by atoms with van der Waals surface area (Å²) in [5.41, 5.74) is 4.12. The minimum Gasteiger partial charge on any atom is -0.452 e. The number of carbonyl (C=O) groups excluding carboxylic acids is 2. The van der Waals surface area contributed by atoms with Crippen molar-refractivity contribution in [2.75, 3.05) is 13.7 Å². The average Bonchev–Trinajstić information content (AvgIpc) is 3.32. The second-order valence-corrected chi connectivity index (χ2v) is 7.63. The summed E-state index contributed by atoms with van der Waals surface area (Å²) in [4.78, 5) is 30.3. The summed E-state index contributed by atoms with van der Waals surface area (Å²) < 4.78 is 6.91. The second kappa shape index (κ2) is 10.9. The third kappa shape index (κ3) is 5.83. The Morgan fingerprint density at radius 3 is 2.44 bits per heavy atom. The third-order valence-electron chi connectivity index (χ3n) is 5.12. The van der Waals surface area contributed by atoms with E-state index in [2.05, 4.69) is 10.1 Å². The highest BCUT2D eigenvalue weighted by atomic mass is 16.5. The number of ether oxygens (including phenoxy) is 1. The van der Waals surface area contributed by atoms with E-state index in [4.69, 9.17) is 4.74 Å². The summed E-state index contributed by atoms with van der Waals surface area (Å²) in [6.45, 7) is 0.117. The Balaban J connectivity index is 1.43. The van der Waals surface area contributed by atoms with Gasteiger partial charge in [-0.3, -0.25) is 9.78 Å². The lowest BCUT2D eigenvalue weighted by molar-refractivity contribution is -0.147. The van der Waals surface area contributed by atoms with Gasteiger partial charge in [-0.25, -0.2) is 9.48 Å². The summed E-state index contributed by atoms with van der Waals surface area (Å²) in [6, 6.07) is 23.0. The standard InChI is InChI=1S/C27H24N4O3/c1-30(18-21-9-4-2-5-10-21)25(32)20-34-26(33)15-14-23-19-31(24-12-6-3-7-13-24)29-27(23)22-11-8-16-28-17-22/h2-17,19H,18,20H2,1H3/b15-14+. The van der Waals surface area contributed by atoms with Crippen LogP contribution in [0.4, 0.5) is 0 Å². The maximum atomic E-state index is 12.3. The zero-order chi connectivity index (χ0) is 23.8. The van der Waals surface area contributed by atoms with Crippen LogP contribution in [0.3, 0.4) is 0 Å². The Morgan fingerprint density at radius 2 is 1.74 bits per heavy atom. The van der Waals surface area contributed by atoms with Gasteiger partial charge in [-0.15, -0.1) is 0 Å². The van der Waals surface area contributed by atoms with Crippen LogP contribution >= 0.6 is 0 Å².